The van der Waals surface area contributed by atoms with Gasteiger partial charge in [-0.05, 0) is 25.5 Å². The summed E-state index contributed by atoms with van der Waals surface area (Å²) >= 11 is 0. The minimum Gasteiger partial charge on any atom is -0.387 e. The van der Waals surface area contributed by atoms with Gasteiger partial charge in [0.2, 0.25) is 0 Å². The van der Waals surface area contributed by atoms with Gasteiger partial charge < -0.3 is 10.4 Å². The van der Waals surface area contributed by atoms with Crippen LogP contribution in [0.3, 0.4) is 0 Å². The van der Waals surface area contributed by atoms with Gasteiger partial charge in [0.05, 0.1) is 12.3 Å². The van der Waals surface area contributed by atoms with E-state index in [1.54, 1.807) is 0 Å². The lowest BCUT2D eigenvalue weighted by molar-refractivity contribution is 0.110. The first-order valence-electron chi connectivity index (χ1n) is 5.30. The quantitative estimate of drug-likeness (QED) is 0.775. The minimum atomic E-state index is -0.770. The molecule has 0 amide bonds. The summed E-state index contributed by atoms with van der Waals surface area (Å²) in [6.07, 6.45) is 4.98. The number of rotatable bonds is 2. The highest BCUT2D eigenvalue weighted by Crippen LogP contribution is 2.24. The molecule has 0 aliphatic carbocycles. The summed E-state index contributed by atoms with van der Waals surface area (Å²) in [5, 5.41) is 13.2. The van der Waals surface area contributed by atoms with Gasteiger partial charge in [-0.2, -0.15) is 0 Å². The molecule has 0 aromatic carbocycles. The molecule has 1 fully saturated rings. The van der Waals surface area contributed by atoms with Gasteiger partial charge in [0.15, 0.2) is 0 Å². The van der Waals surface area contributed by atoms with Crippen molar-refractivity contribution in [2.45, 2.75) is 31.4 Å². The van der Waals surface area contributed by atoms with Gasteiger partial charge in [-0.25, -0.2) is 4.39 Å². The van der Waals surface area contributed by atoms with Crippen molar-refractivity contribution in [3.05, 3.63) is 29.8 Å². The Morgan fingerprint density at radius 2 is 2.40 bits per heavy atom. The summed E-state index contributed by atoms with van der Waals surface area (Å²) in [5.41, 5.74) is 0.337. The highest BCUT2D eigenvalue weighted by Gasteiger charge is 2.24. The molecule has 1 saturated heterocycles. The molecule has 15 heavy (non-hydrogen) atoms. The molecule has 1 aromatic heterocycles. The Balaban J connectivity index is 2.12. The van der Waals surface area contributed by atoms with E-state index in [1.807, 2.05) is 0 Å². The van der Waals surface area contributed by atoms with Crippen LogP contribution in [0.5, 0.6) is 0 Å². The van der Waals surface area contributed by atoms with Gasteiger partial charge in [-0.3, -0.25) is 4.98 Å². The second kappa shape index (κ2) is 4.68. The molecule has 2 heterocycles. The number of aromatic nitrogens is 1. The van der Waals surface area contributed by atoms with Crippen molar-refractivity contribution in [2.75, 3.05) is 6.54 Å². The third kappa shape index (κ3) is 2.33. The number of aliphatic hydroxyl groups excluding tert-OH is 1. The Bertz CT molecular complexity index is 326. The van der Waals surface area contributed by atoms with E-state index in [-0.39, 0.29) is 6.04 Å². The Labute approximate surface area is 88.3 Å². The standard InChI is InChI=1S/C11H15FN2O/c12-9-7-13-6-4-8(9)11(15)10-3-1-2-5-14-10/h4,6-7,10-11,14-15H,1-3,5H2. The fourth-order valence-electron chi connectivity index (χ4n) is 1.99. The third-order valence-electron chi connectivity index (χ3n) is 2.85. The van der Waals surface area contributed by atoms with E-state index in [0.29, 0.717) is 5.56 Å². The summed E-state index contributed by atoms with van der Waals surface area (Å²) in [6.45, 7) is 0.897. The van der Waals surface area contributed by atoms with Crippen LogP contribution < -0.4 is 5.32 Å². The maximum absolute atomic E-state index is 13.3. The molecular weight excluding hydrogens is 195 g/mol. The maximum Gasteiger partial charge on any atom is 0.147 e. The highest BCUT2D eigenvalue weighted by atomic mass is 19.1. The van der Waals surface area contributed by atoms with E-state index in [2.05, 4.69) is 10.3 Å². The summed E-state index contributed by atoms with van der Waals surface area (Å²) < 4.78 is 13.3. The van der Waals surface area contributed by atoms with E-state index in [0.717, 1.165) is 32.0 Å². The SMILES string of the molecule is OC(c1ccncc1F)C1CCCCN1. The molecular formula is C11H15FN2O. The predicted octanol–water partition coefficient (Wildman–Crippen LogP) is 1.40. The molecule has 2 N–H and O–H groups in total. The molecule has 4 heteroatoms. The number of pyridine rings is 1. The number of piperidine rings is 1. The van der Waals surface area contributed by atoms with Crippen LogP contribution in [0.2, 0.25) is 0 Å². The summed E-state index contributed by atoms with van der Waals surface area (Å²) in [7, 11) is 0. The van der Waals surface area contributed by atoms with Crippen molar-refractivity contribution in [2.24, 2.45) is 0 Å². The molecule has 1 aromatic rings. The number of halogens is 1. The smallest absolute Gasteiger partial charge is 0.147 e. The van der Waals surface area contributed by atoms with E-state index in [9.17, 15) is 9.50 Å². The van der Waals surface area contributed by atoms with E-state index in [4.69, 9.17) is 0 Å². The zero-order valence-electron chi connectivity index (χ0n) is 8.49. The van der Waals surface area contributed by atoms with Crippen LogP contribution in [-0.2, 0) is 0 Å². The molecule has 1 aliphatic heterocycles. The largest absolute Gasteiger partial charge is 0.387 e. The molecule has 3 nitrogen and oxygen atoms in total. The minimum absolute atomic E-state index is 0.0318. The predicted molar refractivity (Wildman–Crippen MR) is 54.8 cm³/mol. The molecule has 2 unspecified atom stereocenters. The van der Waals surface area contributed by atoms with Crippen LogP contribution in [0.25, 0.3) is 0 Å². The summed E-state index contributed by atoms with van der Waals surface area (Å²) in [5.74, 6) is -0.433. The van der Waals surface area contributed by atoms with Crippen LogP contribution in [0.15, 0.2) is 18.5 Å². The lowest BCUT2D eigenvalue weighted by Gasteiger charge is -2.28. The average molecular weight is 210 g/mol. The average Bonchev–Trinajstić information content (AvgIpc) is 2.30. The Kier molecular flexibility index (Phi) is 3.28. The van der Waals surface area contributed by atoms with Crippen molar-refractivity contribution in [1.29, 1.82) is 0 Å². The first kappa shape index (κ1) is 10.5. The lowest BCUT2D eigenvalue weighted by atomic mass is 9.95. The van der Waals surface area contributed by atoms with Gasteiger partial charge in [0, 0.05) is 17.8 Å². The fraction of sp³-hybridized carbons (Fsp3) is 0.545. The van der Waals surface area contributed by atoms with E-state index < -0.39 is 11.9 Å². The van der Waals surface area contributed by atoms with Crippen molar-refractivity contribution in [3.63, 3.8) is 0 Å². The van der Waals surface area contributed by atoms with Gasteiger partial charge in [-0.15, -0.1) is 0 Å². The van der Waals surface area contributed by atoms with Crippen molar-refractivity contribution in [3.8, 4) is 0 Å². The van der Waals surface area contributed by atoms with Gasteiger partial charge in [0.1, 0.15) is 5.82 Å². The fourth-order valence-corrected chi connectivity index (χ4v) is 1.99. The van der Waals surface area contributed by atoms with Gasteiger partial charge in [-0.1, -0.05) is 6.42 Å². The molecule has 0 radical (unpaired) electrons. The normalized spacial score (nSPS) is 23.7. The first-order valence-corrected chi connectivity index (χ1v) is 5.30. The molecule has 0 bridgehead atoms. The number of hydrogen-bond donors (Lipinski definition) is 2. The van der Waals surface area contributed by atoms with Gasteiger partial charge in [0.25, 0.3) is 0 Å². The number of nitrogens with zero attached hydrogens (tertiary/aromatic N) is 1. The maximum atomic E-state index is 13.3. The number of nitrogens with one attached hydrogen (secondary N) is 1. The molecule has 2 atom stereocenters. The molecule has 82 valence electrons. The van der Waals surface area contributed by atoms with Crippen molar-refractivity contribution in [1.82, 2.24) is 10.3 Å². The van der Waals surface area contributed by atoms with Crippen LogP contribution in [0, 0.1) is 5.82 Å². The number of aliphatic hydroxyl groups is 1. The van der Waals surface area contributed by atoms with Gasteiger partial charge >= 0.3 is 0 Å². The zero-order chi connectivity index (χ0) is 10.7. The first-order chi connectivity index (χ1) is 7.29. The molecule has 2 rings (SSSR count). The monoisotopic (exact) mass is 210 g/mol. The number of hydrogen-bond acceptors (Lipinski definition) is 3. The Morgan fingerprint density at radius 1 is 1.53 bits per heavy atom. The summed E-state index contributed by atoms with van der Waals surface area (Å²) in [4.78, 5) is 3.67. The van der Waals surface area contributed by atoms with Crippen molar-refractivity contribution >= 4 is 0 Å². The third-order valence-corrected chi connectivity index (χ3v) is 2.85. The zero-order valence-corrected chi connectivity index (χ0v) is 8.49. The lowest BCUT2D eigenvalue weighted by Crippen LogP contribution is -2.39. The topological polar surface area (TPSA) is 45.2 Å². The molecule has 1 aliphatic rings. The molecule has 0 saturated carbocycles. The second-order valence-electron chi connectivity index (χ2n) is 3.90. The van der Waals surface area contributed by atoms with Crippen LogP contribution in [0.1, 0.15) is 30.9 Å². The van der Waals surface area contributed by atoms with E-state index in [1.165, 1.54) is 12.3 Å². The molecule has 0 spiro atoms. The second-order valence-corrected chi connectivity index (χ2v) is 3.90. The van der Waals surface area contributed by atoms with Crippen LogP contribution in [0.4, 0.5) is 4.39 Å². The van der Waals surface area contributed by atoms with Crippen LogP contribution in [-0.4, -0.2) is 22.7 Å². The highest BCUT2D eigenvalue weighted by molar-refractivity contribution is 5.17. The Morgan fingerprint density at radius 3 is 3.07 bits per heavy atom. The Hall–Kier alpha value is -1.00. The van der Waals surface area contributed by atoms with E-state index >= 15 is 0 Å². The summed E-state index contributed by atoms with van der Waals surface area (Å²) in [6, 6.07) is 1.51. The van der Waals surface area contributed by atoms with Crippen molar-refractivity contribution < 1.29 is 9.50 Å². The van der Waals surface area contributed by atoms with Crippen LogP contribution >= 0.6 is 0 Å².